The van der Waals surface area contributed by atoms with Gasteiger partial charge in [-0.05, 0) is 17.2 Å². The number of anilines is 1. The van der Waals surface area contributed by atoms with Gasteiger partial charge in [0.2, 0.25) is 0 Å². The number of nitriles is 1. The van der Waals surface area contributed by atoms with E-state index in [1.807, 2.05) is 66.7 Å². The number of non-ortho nitro benzene ring substituents is 1. The number of hydrogen-bond donors (Lipinski definition) is 2. The minimum atomic E-state index is -0.595. The molecule has 1 amide bonds. The first-order valence-electron chi connectivity index (χ1n) is 9.63. The lowest BCUT2D eigenvalue weighted by molar-refractivity contribution is -0.384. The average Bonchev–Trinajstić information content (AvgIpc) is 2.83. The third-order valence-corrected chi connectivity index (χ3v) is 4.67. The van der Waals surface area contributed by atoms with Crippen molar-refractivity contribution in [3.63, 3.8) is 0 Å². The highest BCUT2D eigenvalue weighted by Crippen LogP contribution is 2.29. The average molecular weight is 428 g/mol. The normalized spacial score (nSPS) is 10.8. The second-order valence-electron chi connectivity index (χ2n) is 6.68. The topological polar surface area (TPSA) is 117 Å². The molecule has 0 fully saturated rings. The smallest absolute Gasteiger partial charge is 0.271 e. The van der Waals surface area contributed by atoms with Gasteiger partial charge in [-0.1, -0.05) is 60.7 Å². The first-order chi connectivity index (χ1) is 15.5. The largest absolute Gasteiger partial charge is 0.495 e. The summed E-state index contributed by atoms with van der Waals surface area (Å²) in [6.07, 6.45) is 1.20. The predicted molar refractivity (Wildman–Crippen MR) is 120 cm³/mol. The molecule has 32 heavy (non-hydrogen) atoms. The molecule has 0 spiro atoms. The Bertz CT molecular complexity index is 1130. The standard InChI is InChI=1S/C24H20N4O4/c1-32-22-13-12-20(28(30)31)14-21(22)26-16-19(15-25)24(29)27-23(17-8-4-2-5-9-17)18-10-6-3-7-11-18/h2-14,16,23,26H,1H3,(H,27,29)/b19-16-. The van der Waals surface area contributed by atoms with Crippen LogP contribution in [-0.4, -0.2) is 17.9 Å². The van der Waals surface area contributed by atoms with E-state index in [-0.39, 0.29) is 16.9 Å². The lowest BCUT2D eigenvalue weighted by Gasteiger charge is -2.19. The zero-order valence-electron chi connectivity index (χ0n) is 17.2. The summed E-state index contributed by atoms with van der Waals surface area (Å²) in [6.45, 7) is 0. The summed E-state index contributed by atoms with van der Waals surface area (Å²) in [7, 11) is 1.41. The second kappa shape index (κ2) is 10.4. The Kier molecular flexibility index (Phi) is 7.17. The molecule has 8 nitrogen and oxygen atoms in total. The molecule has 3 aromatic carbocycles. The molecule has 0 aromatic heterocycles. The summed E-state index contributed by atoms with van der Waals surface area (Å²) in [5, 5.41) is 26.2. The van der Waals surface area contributed by atoms with Gasteiger partial charge in [-0.25, -0.2) is 0 Å². The van der Waals surface area contributed by atoms with E-state index in [9.17, 15) is 20.2 Å². The molecule has 2 N–H and O–H groups in total. The van der Waals surface area contributed by atoms with Crippen molar-refractivity contribution in [2.24, 2.45) is 0 Å². The summed E-state index contributed by atoms with van der Waals surface area (Å²) in [5.41, 5.74) is 1.62. The number of hydrogen-bond acceptors (Lipinski definition) is 6. The van der Waals surface area contributed by atoms with Crippen LogP contribution in [0.25, 0.3) is 0 Å². The predicted octanol–water partition coefficient (Wildman–Crippen LogP) is 4.33. The van der Waals surface area contributed by atoms with Gasteiger partial charge in [0.15, 0.2) is 0 Å². The van der Waals surface area contributed by atoms with Crippen molar-refractivity contribution in [2.75, 3.05) is 12.4 Å². The van der Waals surface area contributed by atoms with Crippen molar-refractivity contribution in [2.45, 2.75) is 6.04 Å². The minimum Gasteiger partial charge on any atom is -0.495 e. The van der Waals surface area contributed by atoms with Gasteiger partial charge < -0.3 is 15.4 Å². The molecule has 0 unspecified atom stereocenters. The van der Waals surface area contributed by atoms with Crippen molar-refractivity contribution in [1.29, 1.82) is 5.26 Å². The third kappa shape index (κ3) is 5.29. The fourth-order valence-corrected chi connectivity index (χ4v) is 3.08. The number of carbonyl (C=O) groups excluding carboxylic acids is 1. The zero-order chi connectivity index (χ0) is 22.9. The maximum absolute atomic E-state index is 12.9. The number of carbonyl (C=O) groups is 1. The number of rotatable bonds is 8. The first-order valence-corrected chi connectivity index (χ1v) is 9.63. The maximum atomic E-state index is 12.9. The fraction of sp³-hybridized carbons (Fsp3) is 0.0833. The van der Waals surface area contributed by atoms with Crippen molar-refractivity contribution in [3.05, 3.63) is 112 Å². The molecular formula is C24H20N4O4. The van der Waals surface area contributed by atoms with E-state index in [1.54, 1.807) is 0 Å². The van der Waals surface area contributed by atoms with Crippen LogP contribution in [0.4, 0.5) is 11.4 Å². The summed E-state index contributed by atoms with van der Waals surface area (Å²) < 4.78 is 5.19. The van der Waals surface area contributed by atoms with E-state index in [2.05, 4.69) is 10.6 Å². The molecule has 0 saturated heterocycles. The third-order valence-electron chi connectivity index (χ3n) is 4.67. The zero-order valence-corrected chi connectivity index (χ0v) is 17.2. The number of nitrogens with one attached hydrogen (secondary N) is 2. The highest BCUT2D eigenvalue weighted by atomic mass is 16.6. The van der Waals surface area contributed by atoms with Gasteiger partial charge in [-0.2, -0.15) is 5.26 Å². The van der Waals surface area contributed by atoms with Gasteiger partial charge in [-0.15, -0.1) is 0 Å². The van der Waals surface area contributed by atoms with Crippen LogP contribution in [0.5, 0.6) is 5.75 Å². The molecule has 8 heteroatoms. The van der Waals surface area contributed by atoms with Crippen LogP contribution < -0.4 is 15.4 Å². The molecule has 3 rings (SSSR count). The van der Waals surface area contributed by atoms with E-state index >= 15 is 0 Å². The molecule has 0 radical (unpaired) electrons. The molecule has 3 aromatic rings. The number of amides is 1. The highest BCUT2D eigenvalue weighted by Gasteiger charge is 2.19. The molecule has 0 bridgehead atoms. The van der Waals surface area contributed by atoms with Gasteiger partial charge in [-0.3, -0.25) is 14.9 Å². The molecule has 0 aliphatic carbocycles. The lowest BCUT2D eigenvalue weighted by atomic mass is 9.98. The van der Waals surface area contributed by atoms with Crippen LogP contribution in [0.15, 0.2) is 90.6 Å². The first kappa shape index (κ1) is 22.1. The molecule has 160 valence electrons. The molecule has 0 aliphatic heterocycles. The van der Waals surface area contributed by atoms with Crippen LogP contribution >= 0.6 is 0 Å². The van der Waals surface area contributed by atoms with E-state index in [0.717, 1.165) is 11.1 Å². The van der Waals surface area contributed by atoms with Gasteiger partial charge in [0, 0.05) is 18.3 Å². The van der Waals surface area contributed by atoms with Gasteiger partial charge in [0.25, 0.3) is 11.6 Å². The Hall–Kier alpha value is -4.64. The summed E-state index contributed by atoms with van der Waals surface area (Å²) in [4.78, 5) is 23.4. The minimum absolute atomic E-state index is 0.155. The van der Waals surface area contributed by atoms with Crippen LogP contribution in [0.1, 0.15) is 17.2 Å². The number of benzene rings is 3. The monoisotopic (exact) mass is 428 g/mol. The summed E-state index contributed by atoms with van der Waals surface area (Å²) >= 11 is 0. The van der Waals surface area contributed by atoms with Crippen LogP contribution in [0.2, 0.25) is 0 Å². The van der Waals surface area contributed by atoms with E-state index in [0.29, 0.717) is 5.75 Å². The van der Waals surface area contributed by atoms with E-state index in [1.165, 1.54) is 31.5 Å². The van der Waals surface area contributed by atoms with Crippen molar-refractivity contribution < 1.29 is 14.5 Å². The van der Waals surface area contributed by atoms with Crippen molar-refractivity contribution >= 4 is 17.3 Å². The quantitative estimate of drug-likeness (QED) is 0.239. The van der Waals surface area contributed by atoms with Crippen molar-refractivity contribution in [3.8, 4) is 11.8 Å². The Balaban J connectivity index is 1.86. The Morgan fingerprint density at radius 2 is 1.66 bits per heavy atom. The number of ether oxygens (including phenoxy) is 1. The van der Waals surface area contributed by atoms with E-state index < -0.39 is 16.9 Å². The fourth-order valence-electron chi connectivity index (χ4n) is 3.08. The molecule has 0 atom stereocenters. The highest BCUT2D eigenvalue weighted by molar-refractivity contribution is 5.98. The summed E-state index contributed by atoms with van der Waals surface area (Å²) in [6, 6.07) is 24.2. The number of nitrogens with zero attached hydrogens (tertiary/aromatic N) is 2. The van der Waals surface area contributed by atoms with Crippen LogP contribution in [0.3, 0.4) is 0 Å². The van der Waals surface area contributed by atoms with Gasteiger partial charge in [0.05, 0.1) is 23.8 Å². The van der Waals surface area contributed by atoms with Gasteiger partial charge in [0.1, 0.15) is 17.4 Å². The summed E-state index contributed by atoms with van der Waals surface area (Å²) in [5.74, 6) is -0.266. The lowest BCUT2D eigenvalue weighted by Crippen LogP contribution is -2.30. The number of methoxy groups -OCH3 is 1. The molecule has 0 saturated carbocycles. The molecule has 0 aliphatic rings. The molecular weight excluding hydrogens is 408 g/mol. The Morgan fingerprint density at radius 1 is 1.06 bits per heavy atom. The number of nitro groups is 1. The Morgan fingerprint density at radius 3 is 2.16 bits per heavy atom. The van der Waals surface area contributed by atoms with Crippen molar-refractivity contribution in [1.82, 2.24) is 5.32 Å². The number of nitro benzene ring substituents is 1. The van der Waals surface area contributed by atoms with Gasteiger partial charge >= 0.3 is 0 Å². The maximum Gasteiger partial charge on any atom is 0.271 e. The Labute approximate surface area is 184 Å². The van der Waals surface area contributed by atoms with Crippen LogP contribution in [0, 0.1) is 21.4 Å². The second-order valence-corrected chi connectivity index (χ2v) is 6.68. The molecule has 0 heterocycles. The van der Waals surface area contributed by atoms with Crippen LogP contribution in [-0.2, 0) is 4.79 Å². The van der Waals surface area contributed by atoms with E-state index in [4.69, 9.17) is 4.74 Å². The SMILES string of the molecule is COc1ccc([N+](=O)[O-])cc1N/C=C(/C#N)C(=O)NC(c1ccccc1)c1ccccc1.